The van der Waals surface area contributed by atoms with E-state index in [9.17, 15) is 0 Å². The third-order valence-electron chi connectivity index (χ3n) is 11.0. The molecule has 0 aliphatic carbocycles. The minimum Gasteiger partial charge on any atom is -0.857 e. The van der Waals surface area contributed by atoms with Crippen molar-refractivity contribution in [2.24, 2.45) is 0 Å². The normalized spacial score (nSPS) is 46.2. The Kier molecular flexibility index (Phi) is 27.4. The molecular formula is C30H95NO28Si20. The van der Waals surface area contributed by atoms with Crippen LogP contribution in [0.1, 0.15) is 0 Å². The zero-order valence-electron chi connectivity index (χ0n) is 51.5. The maximum atomic E-state index is 8.39. The zero-order chi connectivity index (χ0) is 60.9. The van der Waals surface area contributed by atoms with Crippen LogP contribution in [0.3, 0.4) is 0 Å². The number of fused-ring (bicyclic) bond motifs is 8. The highest BCUT2D eigenvalue weighted by atomic mass is 28.6. The number of hydrogen-bond acceptors (Lipinski definition) is 28. The van der Waals surface area contributed by atoms with Crippen LogP contribution < -0.4 is 5.11 Å². The molecule has 0 aromatic heterocycles. The van der Waals surface area contributed by atoms with E-state index in [1.807, 2.05) is 31.9 Å². The number of aliphatic hydroxyl groups is 1. The van der Waals surface area contributed by atoms with E-state index < -0.39 is 180 Å². The highest BCUT2D eigenvalue weighted by Crippen LogP contribution is 2.45. The van der Waals surface area contributed by atoms with Crippen LogP contribution in [0.2, 0.25) is 131 Å². The first-order valence-corrected chi connectivity index (χ1v) is 68.9. The number of quaternary nitrogens is 1. The van der Waals surface area contributed by atoms with Crippen LogP contribution in [0.15, 0.2) is 12.3 Å². The van der Waals surface area contributed by atoms with E-state index in [2.05, 4.69) is 53.9 Å². The van der Waals surface area contributed by atoms with Crippen molar-refractivity contribution in [3.8, 4) is 0 Å². The van der Waals surface area contributed by atoms with Crippen LogP contribution in [-0.4, -0.2) is 245 Å². The zero-order valence-corrected chi connectivity index (χ0v) is 73.3. The first-order valence-electron chi connectivity index (χ1n) is 25.7. The van der Waals surface area contributed by atoms with Crippen LogP contribution in [0.25, 0.3) is 0 Å². The number of hydrogen-bond donors (Lipinski definition) is 1. The molecule has 8 rings (SSSR count). The molecule has 8 aliphatic heterocycles. The number of likely N-dealkylation sites (N-methyl/N-ethyl adjacent to an activating group) is 1. The van der Waals surface area contributed by atoms with Crippen molar-refractivity contribution in [1.82, 2.24) is 0 Å². The SMILES string of the molecule is C=C[Si](C)(C)OC.CO[SiH](C)C.C[N+](C)(C)CCO.C[O-].C[SiH2]O[Si]1(C)O[Si]2(C)O[Si]3(C)O[SiH2]O[Si]4(C)O[Si](C)(O1)O[Si](C)(O2)O[Si](C)(O3)O4.C[SiH2]O[Si]1(C)O[Si]2(C)O[Si]3(C)O[SiH2]O[Si]4(C)O[Si](C)(O1)O[Si](C)(O2)O[Si](C)(O3)O4. The summed E-state index contributed by atoms with van der Waals surface area (Å²) < 4.78 is 163. The maximum absolute atomic E-state index is 8.39. The van der Waals surface area contributed by atoms with Gasteiger partial charge in [-0.05, 0) is 26.2 Å². The fraction of sp³-hybridized carbons (Fsp3) is 0.933. The van der Waals surface area contributed by atoms with Gasteiger partial charge in [-0.3, -0.25) is 0 Å². The fourth-order valence-electron chi connectivity index (χ4n) is 8.44. The van der Waals surface area contributed by atoms with E-state index in [1.165, 1.54) is 0 Å². The molecule has 8 unspecified atom stereocenters. The predicted molar refractivity (Wildman–Crippen MR) is 331 cm³/mol. The van der Waals surface area contributed by atoms with Gasteiger partial charge in [0, 0.05) is 106 Å². The minimum absolute atomic E-state index is 0.281. The summed E-state index contributed by atoms with van der Waals surface area (Å²) in [5, 5.41) is 16.6. The lowest BCUT2D eigenvalue weighted by atomic mass is 10.5. The third-order valence-corrected chi connectivity index (χ3v) is 84.2. The number of nitrogens with zero attached hydrogens (tertiary/aromatic N) is 1. The Hall–Kier alpha value is 2.92. The van der Waals surface area contributed by atoms with Gasteiger partial charge in [-0.2, -0.15) is 7.11 Å². The summed E-state index contributed by atoms with van der Waals surface area (Å²) in [6, 6.07) is 0. The van der Waals surface area contributed by atoms with Crippen LogP contribution in [0, 0.1) is 0 Å². The lowest BCUT2D eigenvalue weighted by Crippen LogP contribution is -2.81. The Morgan fingerprint density at radius 3 is 0.810 bits per heavy atom. The topological polar surface area (TPSA) is 283 Å². The molecule has 0 aromatic rings. The minimum atomic E-state index is -3.42. The molecule has 468 valence electrons. The van der Waals surface area contributed by atoms with Gasteiger partial charge in [-0.25, -0.2) is 0 Å². The molecule has 49 heteroatoms. The summed E-state index contributed by atoms with van der Waals surface area (Å²) in [5.41, 5.74) is 1.91. The quantitative estimate of drug-likeness (QED) is 0.226. The molecule has 0 spiro atoms. The first-order chi connectivity index (χ1) is 35.7. The third kappa shape index (κ3) is 23.3. The predicted octanol–water partition coefficient (Wildman–Crippen LogP) is -0.456. The van der Waals surface area contributed by atoms with Crippen LogP contribution in [-0.2, 0) is 108 Å². The molecule has 29 nitrogen and oxygen atoms in total. The smallest absolute Gasteiger partial charge is 0.475 e. The van der Waals surface area contributed by atoms with Gasteiger partial charge < -0.3 is 122 Å². The average molecular weight is 1480 g/mol. The molecule has 0 amide bonds. The Labute approximate surface area is 497 Å². The highest BCUT2D eigenvalue weighted by Gasteiger charge is 2.75. The Bertz CT molecular complexity index is 1790. The van der Waals surface area contributed by atoms with Crippen molar-refractivity contribution in [3.05, 3.63) is 12.3 Å². The monoisotopic (exact) mass is 1480 g/mol. The van der Waals surface area contributed by atoms with Gasteiger partial charge in [0.15, 0.2) is 9.04 Å². The highest BCUT2D eigenvalue weighted by molar-refractivity contribution is 7.00. The second-order valence-electron chi connectivity index (χ2n) is 21.6. The van der Waals surface area contributed by atoms with Crippen molar-refractivity contribution in [2.75, 3.05) is 55.6 Å². The standard InChI is InChI=1S/2C8H28O12Si9.C5H14NO.C5H12OSi.C3H10OSi.CH3O/c2*1-21-9-23(2)12-26(5)14-24(3)10-22-11-25(4)15-27(6,13-23)19-29(8,18-26)20-28(7,16-24)17-25;1-6(2,3)4-5-7;1-5-7(3,4)6-2;1-4-5(2)3;1-2/h2*21-22H2,1-8H3;7H,4-5H2,1-3H3;5H,1H2,2-4H3;5H,1-3H3;1H3/q;;+1;;;-1. The van der Waals surface area contributed by atoms with Gasteiger partial charge in [0.1, 0.15) is 26.1 Å². The van der Waals surface area contributed by atoms with Crippen LogP contribution in [0.5, 0.6) is 0 Å². The molecule has 8 aliphatic rings. The number of aliphatic hydroxyl groups excluding tert-OH is 1. The van der Waals surface area contributed by atoms with Gasteiger partial charge in [-0.15, -0.1) is 6.58 Å². The molecular weight excluding hydrogens is 1380 g/mol. The summed E-state index contributed by atoms with van der Waals surface area (Å²) in [6.45, 7) is 42.1. The molecule has 79 heavy (non-hydrogen) atoms. The summed E-state index contributed by atoms with van der Waals surface area (Å²) >= 11 is 0. The van der Waals surface area contributed by atoms with Gasteiger partial charge in [0.05, 0.1) is 27.7 Å². The summed E-state index contributed by atoms with van der Waals surface area (Å²) in [6.07, 6.45) is 0. The Balaban J connectivity index is 0.000000307. The van der Waals surface area contributed by atoms with Crippen molar-refractivity contribution in [1.29, 1.82) is 0 Å². The molecule has 0 saturated carbocycles. The van der Waals surface area contributed by atoms with Crippen LogP contribution in [0.4, 0.5) is 0 Å². The van der Waals surface area contributed by atoms with Gasteiger partial charge in [0.25, 0.3) is 20.0 Å². The molecule has 0 aromatic carbocycles. The second kappa shape index (κ2) is 28.4. The van der Waals surface area contributed by atoms with Gasteiger partial charge in [-0.1, -0.05) is 18.8 Å². The molecule has 8 saturated heterocycles. The van der Waals surface area contributed by atoms with Crippen LogP contribution >= 0.6 is 0 Å². The van der Waals surface area contributed by atoms with Crippen molar-refractivity contribution >= 4 is 180 Å². The summed E-state index contributed by atoms with van der Waals surface area (Å²) in [4.78, 5) is 0. The number of rotatable bonds is 9. The molecule has 12 bridgehead atoms. The van der Waals surface area contributed by atoms with Gasteiger partial charge in [0.2, 0.25) is 8.32 Å². The molecule has 0 radical (unpaired) electrons. The largest absolute Gasteiger partial charge is 0.857 e. The molecule has 8 heterocycles. The van der Waals surface area contributed by atoms with Crippen molar-refractivity contribution in [2.45, 2.75) is 131 Å². The summed E-state index contributed by atoms with van der Waals surface area (Å²) in [7, 11) is -43.2. The van der Waals surface area contributed by atoms with E-state index in [4.69, 9.17) is 118 Å². The van der Waals surface area contributed by atoms with E-state index in [1.54, 1.807) is 92.8 Å². The summed E-state index contributed by atoms with van der Waals surface area (Å²) in [5.74, 6) is 0. The van der Waals surface area contributed by atoms with Gasteiger partial charge >= 0.3 is 123 Å². The maximum Gasteiger partial charge on any atom is 0.475 e. The van der Waals surface area contributed by atoms with Crippen molar-refractivity contribution < 1.29 is 122 Å². The second-order valence-corrected chi connectivity index (χ2v) is 75.6. The molecule has 8 atom stereocenters. The van der Waals surface area contributed by atoms with E-state index >= 15 is 0 Å². The first kappa shape index (κ1) is 76.2. The Morgan fingerprint density at radius 2 is 0.684 bits per heavy atom. The van der Waals surface area contributed by atoms with E-state index in [0.717, 1.165) is 18.1 Å². The Morgan fingerprint density at radius 1 is 0.481 bits per heavy atom. The lowest BCUT2D eigenvalue weighted by Gasteiger charge is -2.56. The lowest BCUT2D eigenvalue weighted by molar-refractivity contribution is -0.870. The van der Waals surface area contributed by atoms with E-state index in [-0.39, 0.29) is 6.61 Å². The molecule has 8 fully saturated rings. The van der Waals surface area contributed by atoms with Crippen molar-refractivity contribution in [3.63, 3.8) is 0 Å². The molecule has 1 N–H and O–H groups in total. The van der Waals surface area contributed by atoms with E-state index in [0.29, 0.717) is 0 Å². The average Bonchev–Trinajstić information content (AvgIpc) is 3.19. The fourth-order valence-corrected chi connectivity index (χ4v) is 91.7.